The van der Waals surface area contributed by atoms with E-state index in [9.17, 15) is 0 Å². The third kappa shape index (κ3) is 1.76. The molecule has 0 saturated carbocycles. The fourth-order valence-electron chi connectivity index (χ4n) is 3.70. The van der Waals surface area contributed by atoms with Crippen molar-refractivity contribution in [1.29, 1.82) is 0 Å². The van der Waals surface area contributed by atoms with Crippen LogP contribution in [0.3, 0.4) is 0 Å². The fourth-order valence-corrected chi connectivity index (χ4v) is 4.42. The molecule has 0 aromatic heterocycles. The second-order valence-corrected chi connectivity index (χ2v) is 7.41. The first-order valence-corrected chi connectivity index (χ1v) is 8.47. The summed E-state index contributed by atoms with van der Waals surface area (Å²) in [6, 6.07) is 13.4. The van der Waals surface area contributed by atoms with Gasteiger partial charge in [-0.25, -0.2) is 0 Å². The van der Waals surface area contributed by atoms with E-state index in [1.54, 1.807) is 0 Å². The first kappa shape index (κ1) is 13.1. The molecule has 1 fully saturated rings. The number of benzene rings is 2. The minimum absolute atomic E-state index is 0.135. The van der Waals surface area contributed by atoms with Gasteiger partial charge in [0.1, 0.15) is 0 Å². The Morgan fingerprint density at radius 3 is 1.80 bits per heavy atom. The average molecular weight is 394 g/mol. The van der Waals surface area contributed by atoms with Crippen molar-refractivity contribution in [2.45, 2.75) is 18.3 Å². The molecule has 2 aliphatic rings. The van der Waals surface area contributed by atoms with Crippen LogP contribution in [0.15, 0.2) is 45.3 Å². The summed E-state index contributed by atoms with van der Waals surface area (Å²) >= 11 is 7.27. The summed E-state index contributed by atoms with van der Waals surface area (Å²) in [5.41, 5.74) is 5.83. The Kier molecular flexibility index (Phi) is 3.06. The van der Waals surface area contributed by atoms with Crippen molar-refractivity contribution >= 4 is 31.9 Å². The molecule has 0 radical (unpaired) electrons. The van der Waals surface area contributed by atoms with Crippen LogP contribution in [-0.4, -0.2) is 13.2 Å². The Bertz CT molecular complexity index is 634. The van der Waals surface area contributed by atoms with E-state index in [2.05, 4.69) is 68.3 Å². The van der Waals surface area contributed by atoms with Gasteiger partial charge < -0.3 is 4.74 Å². The van der Waals surface area contributed by atoms with Gasteiger partial charge >= 0.3 is 0 Å². The molecule has 1 aliphatic carbocycles. The Morgan fingerprint density at radius 1 is 0.800 bits per heavy atom. The topological polar surface area (TPSA) is 9.23 Å². The van der Waals surface area contributed by atoms with Gasteiger partial charge in [-0.05, 0) is 59.4 Å². The maximum Gasteiger partial charge on any atom is 0.0477 e. The van der Waals surface area contributed by atoms with Crippen LogP contribution in [0, 0.1) is 0 Å². The lowest BCUT2D eigenvalue weighted by atomic mass is 9.72. The zero-order valence-corrected chi connectivity index (χ0v) is 14.1. The first-order valence-electron chi connectivity index (χ1n) is 6.89. The van der Waals surface area contributed by atoms with E-state index in [-0.39, 0.29) is 5.41 Å². The minimum atomic E-state index is 0.135. The molecule has 1 nitrogen and oxygen atoms in total. The fraction of sp³-hybridized carbons (Fsp3) is 0.294. The highest BCUT2D eigenvalue weighted by atomic mass is 79.9. The van der Waals surface area contributed by atoms with Gasteiger partial charge in [-0.3, -0.25) is 0 Å². The van der Waals surface area contributed by atoms with Crippen molar-refractivity contribution in [2.75, 3.05) is 13.2 Å². The van der Waals surface area contributed by atoms with Crippen molar-refractivity contribution in [1.82, 2.24) is 0 Å². The molecule has 0 bridgehead atoms. The van der Waals surface area contributed by atoms with Crippen LogP contribution >= 0.6 is 31.9 Å². The monoisotopic (exact) mass is 392 g/mol. The number of rotatable bonds is 0. The smallest absolute Gasteiger partial charge is 0.0477 e. The maximum absolute atomic E-state index is 5.62. The van der Waals surface area contributed by atoms with E-state index in [4.69, 9.17) is 4.74 Å². The van der Waals surface area contributed by atoms with Crippen molar-refractivity contribution in [3.05, 3.63) is 56.5 Å². The number of hydrogen-bond donors (Lipinski definition) is 0. The second kappa shape index (κ2) is 4.69. The van der Waals surface area contributed by atoms with Gasteiger partial charge in [0.05, 0.1) is 0 Å². The van der Waals surface area contributed by atoms with E-state index in [0.717, 1.165) is 35.0 Å². The Balaban J connectivity index is 2.03. The van der Waals surface area contributed by atoms with Crippen molar-refractivity contribution in [3.8, 4) is 11.1 Å². The van der Waals surface area contributed by atoms with Crippen LogP contribution in [0.4, 0.5) is 0 Å². The lowest BCUT2D eigenvalue weighted by Gasteiger charge is -2.35. The lowest BCUT2D eigenvalue weighted by Crippen LogP contribution is -2.33. The van der Waals surface area contributed by atoms with E-state index in [1.165, 1.54) is 22.3 Å². The number of hydrogen-bond acceptors (Lipinski definition) is 1. The summed E-state index contributed by atoms with van der Waals surface area (Å²) in [5, 5.41) is 0. The van der Waals surface area contributed by atoms with Gasteiger partial charge in [-0.1, -0.05) is 44.0 Å². The molecule has 102 valence electrons. The van der Waals surface area contributed by atoms with Gasteiger partial charge in [0.15, 0.2) is 0 Å². The van der Waals surface area contributed by atoms with Crippen LogP contribution in [0.5, 0.6) is 0 Å². The Hall–Kier alpha value is -0.640. The number of ether oxygens (including phenoxy) is 1. The molecule has 0 amide bonds. The minimum Gasteiger partial charge on any atom is -0.381 e. The molecule has 1 spiro atoms. The van der Waals surface area contributed by atoms with Crippen LogP contribution in [0.2, 0.25) is 0 Å². The third-order valence-electron chi connectivity index (χ3n) is 4.63. The number of fused-ring (bicyclic) bond motifs is 5. The summed E-state index contributed by atoms with van der Waals surface area (Å²) in [6.45, 7) is 1.69. The first-order chi connectivity index (χ1) is 9.71. The lowest BCUT2D eigenvalue weighted by molar-refractivity contribution is 0.0643. The van der Waals surface area contributed by atoms with Gasteiger partial charge in [0, 0.05) is 27.6 Å². The molecule has 2 aromatic rings. The van der Waals surface area contributed by atoms with Gasteiger partial charge in [-0.15, -0.1) is 0 Å². The third-order valence-corrected chi connectivity index (χ3v) is 5.62. The molecule has 1 saturated heterocycles. The molecule has 0 atom stereocenters. The Labute approximate surface area is 135 Å². The highest BCUT2D eigenvalue weighted by Crippen LogP contribution is 2.54. The normalized spacial score (nSPS) is 18.9. The van der Waals surface area contributed by atoms with E-state index in [1.807, 2.05) is 0 Å². The van der Waals surface area contributed by atoms with Crippen LogP contribution in [0.25, 0.3) is 11.1 Å². The predicted molar refractivity (Wildman–Crippen MR) is 88.1 cm³/mol. The zero-order valence-electron chi connectivity index (χ0n) is 11.0. The highest BCUT2D eigenvalue weighted by Gasteiger charge is 2.44. The largest absolute Gasteiger partial charge is 0.381 e. The number of halogens is 2. The maximum atomic E-state index is 5.62. The summed E-state index contributed by atoms with van der Waals surface area (Å²) in [7, 11) is 0. The van der Waals surface area contributed by atoms with E-state index in [0.29, 0.717) is 0 Å². The summed E-state index contributed by atoms with van der Waals surface area (Å²) in [6.07, 6.45) is 2.14. The van der Waals surface area contributed by atoms with E-state index >= 15 is 0 Å². The SMILES string of the molecule is Brc1ccc2c(c1)C1(CCOCC1)c1cc(Br)ccc1-2. The molecular weight excluding hydrogens is 380 g/mol. The standard InChI is InChI=1S/C17H14Br2O/c18-11-1-3-13-14-4-2-12(19)10-16(14)17(15(13)9-11)5-7-20-8-6-17/h1-4,9-10H,5-8H2. The van der Waals surface area contributed by atoms with Gasteiger partial charge in [0.25, 0.3) is 0 Å². The molecule has 3 heteroatoms. The quantitative estimate of drug-likeness (QED) is 0.590. The van der Waals surface area contributed by atoms with Crippen molar-refractivity contribution in [3.63, 3.8) is 0 Å². The second-order valence-electron chi connectivity index (χ2n) is 5.57. The molecule has 2 aromatic carbocycles. The van der Waals surface area contributed by atoms with E-state index < -0.39 is 0 Å². The van der Waals surface area contributed by atoms with Gasteiger partial charge in [0.2, 0.25) is 0 Å². The predicted octanol–water partition coefficient (Wildman–Crippen LogP) is 5.29. The summed E-state index contributed by atoms with van der Waals surface area (Å²) in [4.78, 5) is 0. The van der Waals surface area contributed by atoms with Crippen molar-refractivity contribution in [2.24, 2.45) is 0 Å². The molecule has 1 aliphatic heterocycles. The zero-order chi connectivity index (χ0) is 13.7. The van der Waals surface area contributed by atoms with Crippen LogP contribution in [-0.2, 0) is 10.2 Å². The van der Waals surface area contributed by atoms with Crippen LogP contribution in [0.1, 0.15) is 24.0 Å². The highest BCUT2D eigenvalue weighted by molar-refractivity contribution is 9.10. The molecule has 0 N–H and O–H groups in total. The molecule has 1 heterocycles. The molecular formula is C17H14Br2O. The van der Waals surface area contributed by atoms with Crippen LogP contribution < -0.4 is 0 Å². The van der Waals surface area contributed by atoms with Crippen molar-refractivity contribution < 1.29 is 4.74 Å². The molecule has 20 heavy (non-hydrogen) atoms. The molecule has 0 unspecified atom stereocenters. The van der Waals surface area contributed by atoms with Gasteiger partial charge in [-0.2, -0.15) is 0 Å². The average Bonchev–Trinajstić information content (AvgIpc) is 2.70. The Morgan fingerprint density at radius 2 is 1.30 bits per heavy atom. The summed E-state index contributed by atoms with van der Waals surface area (Å²) < 4.78 is 7.95. The summed E-state index contributed by atoms with van der Waals surface area (Å²) in [5.74, 6) is 0. The molecule has 4 rings (SSSR count).